The zero-order valence-corrected chi connectivity index (χ0v) is 10.7. The normalized spacial score (nSPS) is 10.4. The summed E-state index contributed by atoms with van der Waals surface area (Å²) in [6, 6.07) is 6.85. The summed E-state index contributed by atoms with van der Waals surface area (Å²) in [5, 5.41) is 11.3. The Kier molecular flexibility index (Phi) is 7.11. The van der Waals surface area contributed by atoms with Crippen LogP contribution in [0.4, 0.5) is 0 Å². The molecule has 90 valence electrons. The third-order valence-corrected chi connectivity index (χ3v) is 2.15. The number of ketones is 1. The fourth-order valence-electron chi connectivity index (χ4n) is 1.31. The van der Waals surface area contributed by atoms with Gasteiger partial charge in [-0.05, 0) is 31.2 Å². The van der Waals surface area contributed by atoms with Gasteiger partial charge in [0.2, 0.25) is 0 Å². The molecular weight excluding hydrogens is 227 g/mol. The SMILES string of the molecule is CCOC(=O)/C([O-])=C/C(=O)c1ccccc1C.[Li+]. The molecule has 5 heteroatoms. The Morgan fingerprint density at radius 2 is 1.94 bits per heavy atom. The van der Waals surface area contributed by atoms with Gasteiger partial charge in [0.05, 0.1) is 6.61 Å². The monoisotopic (exact) mass is 240 g/mol. The number of rotatable bonds is 4. The van der Waals surface area contributed by atoms with E-state index >= 15 is 0 Å². The molecular formula is C13H13LiO4. The molecule has 0 saturated heterocycles. The molecule has 18 heavy (non-hydrogen) atoms. The van der Waals surface area contributed by atoms with E-state index in [1.165, 1.54) is 0 Å². The molecule has 4 nitrogen and oxygen atoms in total. The van der Waals surface area contributed by atoms with Gasteiger partial charge in [0.25, 0.3) is 0 Å². The second-order valence-corrected chi connectivity index (χ2v) is 3.41. The van der Waals surface area contributed by atoms with Crippen LogP contribution in [0.1, 0.15) is 22.8 Å². The van der Waals surface area contributed by atoms with Crippen LogP contribution in [0.3, 0.4) is 0 Å². The molecule has 0 aliphatic heterocycles. The first-order chi connectivity index (χ1) is 8.06. The fourth-order valence-corrected chi connectivity index (χ4v) is 1.31. The Morgan fingerprint density at radius 1 is 1.33 bits per heavy atom. The molecule has 0 saturated carbocycles. The minimum absolute atomic E-state index is 0. The number of benzene rings is 1. The van der Waals surface area contributed by atoms with Gasteiger partial charge < -0.3 is 9.84 Å². The Balaban J connectivity index is 0.00000289. The summed E-state index contributed by atoms with van der Waals surface area (Å²) in [6.07, 6.45) is 0.764. The number of hydrogen-bond donors (Lipinski definition) is 0. The largest absolute Gasteiger partial charge is 1.00 e. The van der Waals surface area contributed by atoms with Crippen molar-refractivity contribution in [1.29, 1.82) is 0 Å². The van der Waals surface area contributed by atoms with Crippen molar-refractivity contribution in [2.24, 2.45) is 0 Å². The van der Waals surface area contributed by atoms with Gasteiger partial charge in [-0.3, -0.25) is 4.79 Å². The smallest absolute Gasteiger partial charge is 0.867 e. The number of esters is 1. The minimum atomic E-state index is -1.01. The van der Waals surface area contributed by atoms with Crippen LogP contribution in [0.5, 0.6) is 0 Å². The van der Waals surface area contributed by atoms with E-state index in [0.717, 1.165) is 11.6 Å². The quantitative estimate of drug-likeness (QED) is 0.200. The molecule has 0 atom stereocenters. The van der Waals surface area contributed by atoms with Crippen molar-refractivity contribution in [3.8, 4) is 0 Å². The summed E-state index contributed by atoms with van der Waals surface area (Å²) in [6.45, 7) is 3.46. The second kappa shape index (κ2) is 7.75. The van der Waals surface area contributed by atoms with Crippen LogP contribution in [0.25, 0.3) is 0 Å². The molecule has 0 bridgehead atoms. The molecule has 1 rings (SSSR count). The molecule has 0 amide bonds. The van der Waals surface area contributed by atoms with Gasteiger partial charge in [0.1, 0.15) is 0 Å². The topological polar surface area (TPSA) is 66.4 Å². The van der Waals surface area contributed by atoms with E-state index in [4.69, 9.17) is 0 Å². The van der Waals surface area contributed by atoms with Crippen molar-refractivity contribution < 1.29 is 38.3 Å². The second-order valence-electron chi connectivity index (χ2n) is 3.41. The molecule has 0 spiro atoms. The summed E-state index contributed by atoms with van der Waals surface area (Å²) in [4.78, 5) is 22.7. The summed E-state index contributed by atoms with van der Waals surface area (Å²) in [7, 11) is 0. The van der Waals surface area contributed by atoms with E-state index in [-0.39, 0.29) is 25.5 Å². The number of carbonyl (C=O) groups excluding carboxylic acids is 2. The molecule has 1 aromatic rings. The summed E-state index contributed by atoms with van der Waals surface area (Å²) in [5.41, 5.74) is 1.16. The van der Waals surface area contributed by atoms with Crippen LogP contribution < -0.4 is 24.0 Å². The third kappa shape index (κ3) is 4.40. The van der Waals surface area contributed by atoms with Crippen molar-refractivity contribution in [1.82, 2.24) is 0 Å². The van der Waals surface area contributed by atoms with E-state index in [2.05, 4.69) is 4.74 Å². The molecule has 0 N–H and O–H groups in total. The van der Waals surface area contributed by atoms with Crippen LogP contribution in [-0.2, 0) is 9.53 Å². The maximum absolute atomic E-state index is 11.7. The fraction of sp³-hybridized carbons (Fsp3) is 0.231. The third-order valence-electron chi connectivity index (χ3n) is 2.15. The van der Waals surface area contributed by atoms with Gasteiger partial charge in [-0.15, -0.1) is 0 Å². The standard InChI is InChI=1S/C13H14O4.Li/c1-3-17-13(16)12(15)8-11(14)10-7-5-4-6-9(10)2;/h4-8,15H,3H2,1-2H3;/q;+1/p-1/b12-8-;. The summed E-state index contributed by atoms with van der Waals surface area (Å²) >= 11 is 0. The van der Waals surface area contributed by atoms with Gasteiger partial charge in [-0.2, -0.15) is 0 Å². The predicted octanol–water partition coefficient (Wildman–Crippen LogP) is -2.01. The first kappa shape index (κ1) is 16.5. The molecule has 0 aliphatic rings. The predicted molar refractivity (Wildman–Crippen MR) is 60.2 cm³/mol. The van der Waals surface area contributed by atoms with Crippen molar-refractivity contribution in [3.63, 3.8) is 0 Å². The first-order valence-electron chi connectivity index (χ1n) is 5.22. The van der Waals surface area contributed by atoms with E-state index in [1.807, 2.05) is 0 Å². The van der Waals surface area contributed by atoms with Crippen LogP contribution >= 0.6 is 0 Å². The van der Waals surface area contributed by atoms with E-state index < -0.39 is 17.5 Å². The molecule has 0 aromatic heterocycles. The van der Waals surface area contributed by atoms with Gasteiger partial charge in [0, 0.05) is 5.56 Å². The van der Waals surface area contributed by atoms with Crippen molar-refractivity contribution >= 4 is 11.8 Å². The minimum Gasteiger partial charge on any atom is -0.867 e. The van der Waals surface area contributed by atoms with E-state index in [0.29, 0.717) is 5.56 Å². The average molecular weight is 240 g/mol. The van der Waals surface area contributed by atoms with E-state index in [9.17, 15) is 14.7 Å². The van der Waals surface area contributed by atoms with Crippen LogP contribution in [0.2, 0.25) is 0 Å². The van der Waals surface area contributed by atoms with E-state index in [1.54, 1.807) is 38.1 Å². The summed E-state index contributed by atoms with van der Waals surface area (Å²) in [5.74, 6) is -2.42. The molecule has 0 unspecified atom stereocenters. The maximum Gasteiger partial charge on any atom is 1.00 e. The van der Waals surface area contributed by atoms with Gasteiger partial charge in [-0.1, -0.05) is 24.3 Å². The van der Waals surface area contributed by atoms with Crippen LogP contribution in [-0.4, -0.2) is 18.4 Å². The number of aryl methyl sites for hydroxylation is 1. The van der Waals surface area contributed by atoms with Crippen LogP contribution in [0, 0.1) is 6.92 Å². The number of hydrogen-bond acceptors (Lipinski definition) is 4. The molecule has 0 aliphatic carbocycles. The van der Waals surface area contributed by atoms with Crippen molar-refractivity contribution in [2.75, 3.05) is 6.61 Å². The zero-order chi connectivity index (χ0) is 12.8. The number of ether oxygens (including phenoxy) is 1. The molecule has 0 radical (unpaired) electrons. The van der Waals surface area contributed by atoms with Crippen molar-refractivity contribution in [2.45, 2.75) is 13.8 Å². The van der Waals surface area contributed by atoms with Crippen molar-refractivity contribution in [3.05, 3.63) is 47.2 Å². The number of carbonyl (C=O) groups is 2. The molecule has 0 fully saturated rings. The zero-order valence-electron chi connectivity index (χ0n) is 10.7. The molecule has 0 heterocycles. The van der Waals surface area contributed by atoms with Gasteiger partial charge in [0.15, 0.2) is 5.78 Å². The number of allylic oxidation sites excluding steroid dienone is 1. The van der Waals surface area contributed by atoms with Crippen LogP contribution in [0.15, 0.2) is 36.1 Å². The van der Waals surface area contributed by atoms with Gasteiger partial charge >= 0.3 is 24.8 Å². The Bertz CT molecular complexity index is 466. The maximum atomic E-state index is 11.7. The Labute approximate surface area is 118 Å². The van der Waals surface area contributed by atoms with Gasteiger partial charge in [-0.25, -0.2) is 4.79 Å². The average Bonchev–Trinajstić information content (AvgIpc) is 2.29. The first-order valence-corrected chi connectivity index (χ1v) is 5.22. The molecule has 1 aromatic carbocycles. The Hall–Kier alpha value is -1.50. The Morgan fingerprint density at radius 3 is 2.50 bits per heavy atom. The summed E-state index contributed by atoms with van der Waals surface area (Å²) < 4.78 is 4.50.